The van der Waals surface area contributed by atoms with Crippen LogP contribution in [0, 0.1) is 0 Å². The summed E-state index contributed by atoms with van der Waals surface area (Å²) in [5.41, 5.74) is 6.37. The van der Waals surface area contributed by atoms with Gasteiger partial charge in [0.25, 0.3) is 0 Å². The second kappa shape index (κ2) is 5.82. The van der Waals surface area contributed by atoms with Crippen LogP contribution in [0.3, 0.4) is 0 Å². The van der Waals surface area contributed by atoms with Crippen molar-refractivity contribution < 1.29 is 4.74 Å². The molecule has 0 heterocycles. The van der Waals surface area contributed by atoms with Crippen molar-refractivity contribution >= 4 is 49.1 Å². The van der Waals surface area contributed by atoms with Gasteiger partial charge in [0.1, 0.15) is 16.5 Å². The predicted octanol–water partition coefficient (Wildman–Crippen LogP) is 4.64. The van der Waals surface area contributed by atoms with Gasteiger partial charge in [0.2, 0.25) is 0 Å². The number of thiocarbonyl (C=S) groups is 1. The van der Waals surface area contributed by atoms with Crippen molar-refractivity contribution in [3.05, 3.63) is 57.0 Å². The summed E-state index contributed by atoms with van der Waals surface area (Å²) >= 11 is 11.8. The van der Waals surface area contributed by atoms with Crippen LogP contribution >= 0.6 is 44.1 Å². The number of ether oxygens (including phenoxy) is 1. The molecule has 0 radical (unpaired) electrons. The lowest BCUT2D eigenvalue weighted by Gasteiger charge is -2.09. The minimum absolute atomic E-state index is 0.365. The first-order chi connectivity index (χ1) is 8.56. The zero-order chi connectivity index (χ0) is 13.1. The fourth-order valence-corrected chi connectivity index (χ4v) is 2.36. The third-order valence-corrected chi connectivity index (χ3v) is 3.59. The standard InChI is InChI=1S/C13H9Br2NOS/c14-9-2-1-3-10(7-9)17-12-5-4-8(13(16)18)6-11(12)15/h1-7H,(H2,16,18). The summed E-state index contributed by atoms with van der Waals surface area (Å²) in [6.07, 6.45) is 0. The quantitative estimate of drug-likeness (QED) is 0.780. The zero-order valence-electron chi connectivity index (χ0n) is 9.19. The molecule has 0 bridgehead atoms. The van der Waals surface area contributed by atoms with Gasteiger partial charge in [-0.25, -0.2) is 0 Å². The second-order valence-corrected chi connectivity index (χ2v) is 5.78. The van der Waals surface area contributed by atoms with Gasteiger partial charge >= 0.3 is 0 Å². The number of benzene rings is 2. The first kappa shape index (κ1) is 13.5. The van der Waals surface area contributed by atoms with Crippen LogP contribution in [-0.4, -0.2) is 4.99 Å². The van der Waals surface area contributed by atoms with Crippen molar-refractivity contribution in [2.75, 3.05) is 0 Å². The molecular weight excluding hydrogens is 378 g/mol. The predicted molar refractivity (Wildman–Crippen MR) is 84.2 cm³/mol. The van der Waals surface area contributed by atoms with Crippen molar-refractivity contribution in [3.63, 3.8) is 0 Å². The molecule has 0 aliphatic carbocycles. The van der Waals surface area contributed by atoms with E-state index in [-0.39, 0.29) is 0 Å². The molecule has 2 rings (SSSR count). The average molecular weight is 387 g/mol. The van der Waals surface area contributed by atoms with Crippen LogP contribution in [0.25, 0.3) is 0 Å². The van der Waals surface area contributed by atoms with E-state index in [1.807, 2.05) is 42.5 Å². The Bertz CT molecular complexity index is 601. The molecule has 5 heteroatoms. The lowest BCUT2D eigenvalue weighted by atomic mass is 10.2. The second-order valence-electron chi connectivity index (χ2n) is 3.57. The van der Waals surface area contributed by atoms with Gasteiger partial charge in [-0.3, -0.25) is 0 Å². The number of hydrogen-bond donors (Lipinski definition) is 1. The molecule has 0 spiro atoms. The van der Waals surface area contributed by atoms with E-state index in [1.54, 1.807) is 0 Å². The first-order valence-corrected chi connectivity index (χ1v) is 7.08. The van der Waals surface area contributed by atoms with Crippen LogP contribution in [-0.2, 0) is 0 Å². The molecule has 0 amide bonds. The van der Waals surface area contributed by atoms with E-state index in [1.165, 1.54) is 0 Å². The van der Waals surface area contributed by atoms with Gasteiger partial charge in [0.05, 0.1) is 4.47 Å². The largest absolute Gasteiger partial charge is 0.456 e. The van der Waals surface area contributed by atoms with Gasteiger partial charge in [-0.05, 0) is 52.3 Å². The molecule has 0 aliphatic rings. The van der Waals surface area contributed by atoms with Gasteiger partial charge in [0, 0.05) is 10.0 Å². The van der Waals surface area contributed by atoms with Crippen LogP contribution in [0.15, 0.2) is 51.4 Å². The van der Waals surface area contributed by atoms with Crippen molar-refractivity contribution in [1.29, 1.82) is 0 Å². The van der Waals surface area contributed by atoms with E-state index in [4.69, 9.17) is 22.7 Å². The summed E-state index contributed by atoms with van der Waals surface area (Å²) in [6.45, 7) is 0. The molecule has 2 aromatic rings. The number of nitrogens with two attached hydrogens (primary N) is 1. The fraction of sp³-hybridized carbons (Fsp3) is 0. The highest BCUT2D eigenvalue weighted by Crippen LogP contribution is 2.31. The van der Waals surface area contributed by atoms with E-state index in [0.29, 0.717) is 10.7 Å². The van der Waals surface area contributed by atoms with E-state index in [0.717, 1.165) is 20.3 Å². The molecule has 0 saturated heterocycles. The molecule has 0 atom stereocenters. The van der Waals surface area contributed by atoms with Crippen LogP contribution < -0.4 is 10.5 Å². The van der Waals surface area contributed by atoms with E-state index in [2.05, 4.69) is 31.9 Å². The maximum Gasteiger partial charge on any atom is 0.141 e. The molecule has 92 valence electrons. The van der Waals surface area contributed by atoms with E-state index in [9.17, 15) is 0 Å². The molecule has 2 nitrogen and oxygen atoms in total. The smallest absolute Gasteiger partial charge is 0.141 e. The normalized spacial score (nSPS) is 10.1. The van der Waals surface area contributed by atoms with Crippen molar-refractivity contribution in [1.82, 2.24) is 0 Å². The SMILES string of the molecule is NC(=S)c1ccc(Oc2cccc(Br)c2)c(Br)c1. The Kier molecular flexibility index (Phi) is 4.37. The van der Waals surface area contributed by atoms with Gasteiger partial charge in [-0.1, -0.05) is 34.2 Å². The Hall–Kier alpha value is -0.910. The van der Waals surface area contributed by atoms with E-state index < -0.39 is 0 Å². The number of halogens is 2. The topological polar surface area (TPSA) is 35.2 Å². The lowest BCUT2D eigenvalue weighted by Crippen LogP contribution is -2.08. The summed E-state index contributed by atoms with van der Waals surface area (Å²) < 4.78 is 7.54. The van der Waals surface area contributed by atoms with Gasteiger partial charge in [0.15, 0.2) is 0 Å². The van der Waals surface area contributed by atoms with Gasteiger partial charge in [-0.2, -0.15) is 0 Å². The third kappa shape index (κ3) is 3.31. The fourth-order valence-electron chi connectivity index (χ4n) is 1.39. The average Bonchev–Trinajstić information content (AvgIpc) is 2.31. The molecule has 2 aromatic carbocycles. The molecular formula is C13H9Br2NOS. The zero-order valence-corrected chi connectivity index (χ0v) is 13.2. The van der Waals surface area contributed by atoms with Crippen LogP contribution in [0.2, 0.25) is 0 Å². The Balaban J connectivity index is 2.27. The minimum atomic E-state index is 0.365. The van der Waals surface area contributed by atoms with Crippen LogP contribution in [0.4, 0.5) is 0 Å². The van der Waals surface area contributed by atoms with Crippen LogP contribution in [0.5, 0.6) is 11.5 Å². The number of rotatable bonds is 3. The van der Waals surface area contributed by atoms with Crippen molar-refractivity contribution in [3.8, 4) is 11.5 Å². The highest BCUT2D eigenvalue weighted by Gasteiger charge is 2.05. The van der Waals surface area contributed by atoms with Crippen molar-refractivity contribution in [2.45, 2.75) is 0 Å². The first-order valence-electron chi connectivity index (χ1n) is 5.09. The van der Waals surface area contributed by atoms with E-state index >= 15 is 0 Å². The highest BCUT2D eigenvalue weighted by molar-refractivity contribution is 9.10. The maximum atomic E-state index is 5.76. The molecule has 0 fully saturated rings. The summed E-state index contributed by atoms with van der Waals surface area (Å²) in [6, 6.07) is 13.1. The van der Waals surface area contributed by atoms with Gasteiger partial charge in [-0.15, -0.1) is 0 Å². The molecule has 0 aromatic heterocycles. The summed E-state index contributed by atoms with van der Waals surface area (Å²) in [4.78, 5) is 0.365. The minimum Gasteiger partial charge on any atom is -0.456 e. The Labute approximate surface area is 127 Å². The summed E-state index contributed by atoms with van der Waals surface area (Å²) in [5.74, 6) is 1.47. The molecule has 2 N–H and O–H groups in total. The maximum absolute atomic E-state index is 5.76. The van der Waals surface area contributed by atoms with Crippen molar-refractivity contribution in [2.24, 2.45) is 5.73 Å². The Morgan fingerprint density at radius 2 is 1.89 bits per heavy atom. The molecule has 0 aliphatic heterocycles. The highest BCUT2D eigenvalue weighted by atomic mass is 79.9. The summed E-state index contributed by atoms with van der Waals surface area (Å²) in [7, 11) is 0. The summed E-state index contributed by atoms with van der Waals surface area (Å²) in [5, 5.41) is 0. The molecule has 0 saturated carbocycles. The molecule has 18 heavy (non-hydrogen) atoms. The van der Waals surface area contributed by atoms with Crippen LogP contribution in [0.1, 0.15) is 5.56 Å². The Morgan fingerprint density at radius 3 is 2.50 bits per heavy atom. The Morgan fingerprint density at radius 1 is 1.11 bits per heavy atom. The monoisotopic (exact) mass is 385 g/mol. The number of hydrogen-bond acceptors (Lipinski definition) is 2. The van der Waals surface area contributed by atoms with Gasteiger partial charge < -0.3 is 10.5 Å². The third-order valence-electron chi connectivity index (χ3n) is 2.24. The molecule has 0 unspecified atom stereocenters. The lowest BCUT2D eigenvalue weighted by molar-refractivity contribution is 0.479.